The summed E-state index contributed by atoms with van der Waals surface area (Å²) in [4.78, 5) is 14.6. The second kappa shape index (κ2) is 5.28. The van der Waals surface area contributed by atoms with Gasteiger partial charge in [-0.25, -0.2) is 0 Å². The molecule has 3 aliphatic rings. The molecule has 138 valence electrons. The van der Waals surface area contributed by atoms with Crippen LogP contribution >= 0.6 is 11.6 Å². The third kappa shape index (κ3) is 1.91. The average molecular weight is 388 g/mol. The van der Waals surface area contributed by atoms with Gasteiger partial charge < -0.3 is 25.1 Å². The lowest BCUT2D eigenvalue weighted by molar-refractivity contribution is -0.123. The molecular formula is C18H14ClN3O5. The lowest BCUT2D eigenvalue weighted by atomic mass is 9.77. The maximum atomic E-state index is 13.6. The van der Waals surface area contributed by atoms with Crippen LogP contribution in [0.4, 0.5) is 5.69 Å². The van der Waals surface area contributed by atoms with E-state index in [4.69, 9.17) is 37.0 Å². The molecule has 2 unspecified atom stereocenters. The molecule has 0 saturated carbocycles. The van der Waals surface area contributed by atoms with Crippen molar-refractivity contribution in [2.24, 2.45) is 5.73 Å². The highest BCUT2D eigenvalue weighted by Crippen LogP contribution is 2.56. The number of amidine groups is 1. The van der Waals surface area contributed by atoms with E-state index >= 15 is 0 Å². The number of nitrogens with two attached hydrogens (primary N) is 1. The number of nitrogens with zero attached hydrogens (tertiary/aromatic N) is 1. The Morgan fingerprint density at radius 2 is 2.00 bits per heavy atom. The SMILES string of the molecule is N=C(N)C(O)N1C(=O)C2(COc3cc4c(cc32)OCO4)c2c(Cl)cccc21. The number of aliphatic hydroxyl groups is 1. The van der Waals surface area contributed by atoms with E-state index in [1.165, 1.54) is 0 Å². The molecule has 2 aromatic rings. The predicted octanol–water partition coefficient (Wildman–Crippen LogP) is 1.35. The van der Waals surface area contributed by atoms with Gasteiger partial charge in [-0.2, -0.15) is 0 Å². The van der Waals surface area contributed by atoms with Gasteiger partial charge in [-0.1, -0.05) is 17.7 Å². The van der Waals surface area contributed by atoms with Crippen molar-refractivity contribution < 1.29 is 24.1 Å². The molecule has 3 heterocycles. The first-order valence-corrected chi connectivity index (χ1v) is 8.54. The van der Waals surface area contributed by atoms with Gasteiger partial charge in [-0.15, -0.1) is 0 Å². The first kappa shape index (κ1) is 16.2. The number of benzene rings is 2. The Labute approximate surface area is 158 Å². The zero-order valence-electron chi connectivity index (χ0n) is 13.9. The summed E-state index contributed by atoms with van der Waals surface area (Å²) in [6.07, 6.45) is -1.60. The minimum Gasteiger partial charge on any atom is -0.491 e. The minimum absolute atomic E-state index is 0.00190. The van der Waals surface area contributed by atoms with Crippen LogP contribution in [-0.4, -0.2) is 36.5 Å². The Balaban J connectivity index is 1.78. The number of nitrogens with one attached hydrogen (secondary N) is 1. The first-order chi connectivity index (χ1) is 12.9. The number of amides is 1. The number of hydrogen-bond acceptors (Lipinski definition) is 6. The lowest BCUT2D eigenvalue weighted by Gasteiger charge is -2.26. The molecule has 0 aromatic heterocycles. The van der Waals surface area contributed by atoms with Crippen LogP contribution in [0.3, 0.4) is 0 Å². The summed E-state index contributed by atoms with van der Waals surface area (Å²) in [7, 11) is 0. The molecule has 8 nitrogen and oxygen atoms in total. The Hall–Kier alpha value is -2.97. The molecule has 0 saturated heterocycles. The quantitative estimate of drug-likeness (QED) is 0.528. The summed E-state index contributed by atoms with van der Waals surface area (Å²) >= 11 is 6.48. The van der Waals surface area contributed by atoms with Gasteiger partial charge in [-0.3, -0.25) is 15.1 Å². The summed E-state index contributed by atoms with van der Waals surface area (Å²) in [5.41, 5.74) is 5.68. The molecule has 27 heavy (non-hydrogen) atoms. The van der Waals surface area contributed by atoms with Crippen LogP contribution in [-0.2, 0) is 10.2 Å². The zero-order chi connectivity index (χ0) is 18.9. The number of rotatable bonds is 2. The number of hydrogen-bond donors (Lipinski definition) is 3. The number of ether oxygens (including phenoxy) is 3. The second-order valence-corrected chi connectivity index (χ2v) is 6.94. The fourth-order valence-electron chi connectivity index (χ4n) is 3.96. The Bertz CT molecular complexity index is 1030. The summed E-state index contributed by atoms with van der Waals surface area (Å²) in [6.45, 7) is 0.0909. The third-order valence-corrected chi connectivity index (χ3v) is 5.48. The van der Waals surface area contributed by atoms with Crippen LogP contribution in [0.15, 0.2) is 30.3 Å². The summed E-state index contributed by atoms with van der Waals surface area (Å²) in [5.74, 6) is 0.515. The zero-order valence-corrected chi connectivity index (χ0v) is 14.6. The Morgan fingerprint density at radius 1 is 1.26 bits per heavy atom. The molecule has 9 heteroatoms. The number of fused-ring (bicyclic) bond motifs is 5. The van der Waals surface area contributed by atoms with E-state index in [2.05, 4.69) is 0 Å². The smallest absolute Gasteiger partial charge is 0.248 e. The van der Waals surface area contributed by atoms with Crippen LogP contribution in [0.2, 0.25) is 5.02 Å². The van der Waals surface area contributed by atoms with E-state index in [1.54, 1.807) is 30.3 Å². The van der Waals surface area contributed by atoms with E-state index in [1.807, 2.05) is 0 Å². The molecule has 1 spiro atoms. The van der Waals surface area contributed by atoms with E-state index in [0.717, 1.165) is 4.90 Å². The van der Waals surface area contributed by atoms with E-state index < -0.39 is 23.4 Å². The molecule has 4 N–H and O–H groups in total. The normalized spacial score (nSPS) is 22.6. The highest BCUT2D eigenvalue weighted by atomic mass is 35.5. The highest BCUT2D eigenvalue weighted by Gasteiger charge is 2.59. The van der Waals surface area contributed by atoms with Crippen LogP contribution in [0, 0.1) is 5.41 Å². The fraction of sp³-hybridized carbons (Fsp3) is 0.222. The van der Waals surface area contributed by atoms with Crippen molar-refractivity contribution in [2.75, 3.05) is 18.3 Å². The number of carbonyl (C=O) groups excluding carboxylic acids is 1. The van der Waals surface area contributed by atoms with Gasteiger partial charge in [0, 0.05) is 22.2 Å². The van der Waals surface area contributed by atoms with Gasteiger partial charge in [-0.05, 0) is 18.2 Å². The molecule has 2 atom stereocenters. The molecule has 5 rings (SSSR count). The van der Waals surface area contributed by atoms with Crippen molar-refractivity contribution in [1.29, 1.82) is 5.41 Å². The van der Waals surface area contributed by atoms with Crippen LogP contribution in [0.1, 0.15) is 11.1 Å². The van der Waals surface area contributed by atoms with Crippen LogP contribution in [0.25, 0.3) is 0 Å². The standard InChI is InChI=1S/C18H14ClN3O5/c19-9-2-1-3-10-14(9)18(17(24)22(10)16(23)15(20)21)6-25-11-5-13-12(4-8(11)18)26-7-27-13/h1-5,16,23H,6-7H2,(H3,20,21). The monoisotopic (exact) mass is 387 g/mol. The average Bonchev–Trinajstić information content (AvgIpc) is 3.30. The summed E-state index contributed by atoms with van der Waals surface area (Å²) in [6, 6.07) is 8.39. The molecule has 0 fully saturated rings. The molecule has 3 aliphatic heterocycles. The topological polar surface area (TPSA) is 118 Å². The highest BCUT2D eigenvalue weighted by molar-refractivity contribution is 6.33. The summed E-state index contributed by atoms with van der Waals surface area (Å²) < 4.78 is 16.7. The van der Waals surface area contributed by atoms with Crippen LogP contribution < -0.4 is 24.8 Å². The first-order valence-electron chi connectivity index (χ1n) is 8.16. The Morgan fingerprint density at radius 3 is 2.74 bits per heavy atom. The van der Waals surface area contributed by atoms with Gasteiger partial charge in [0.15, 0.2) is 17.7 Å². The third-order valence-electron chi connectivity index (χ3n) is 5.16. The van der Waals surface area contributed by atoms with Crippen molar-refractivity contribution in [3.05, 3.63) is 46.5 Å². The predicted molar refractivity (Wildman–Crippen MR) is 95.7 cm³/mol. The molecule has 2 aromatic carbocycles. The summed E-state index contributed by atoms with van der Waals surface area (Å²) in [5, 5.41) is 18.4. The van der Waals surface area contributed by atoms with Gasteiger partial charge in [0.05, 0.1) is 5.69 Å². The van der Waals surface area contributed by atoms with Gasteiger partial charge in [0.25, 0.3) is 0 Å². The van der Waals surface area contributed by atoms with E-state index in [9.17, 15) is 9.90 Å². The number of anilines is 1. The van der Waals surface area contributed by atoms with Crippen LogP contribution in [0.5, 0.6) is 17.2 Å². The van der Waals surface area contributed by atoms with Crippen molar-refractivity contribution in [3.63, 3.8) is 0 Å². The van der Waals surface area contributed by atoms with Crippen molar-refractivity contribution in [3.8, 4) is 17.2 Å². The van der Waals surface area contributed by atoms with E-state index in [0.29, 0.717) is 39.1 Å². The van der Waals surface area contributed by atoms with Crippen molar-refractivity contribution in [2.45, 2.75) is 11.6 Å². The number of halogens is 1. The van der Waals surface area contributed by atoms with Crippen molar-refractivity contribution in [1.82, 2.24) is 0 Å². The minimum atomic E-state index is -1.60. The number of aliphatic hydroxyl groups excluding tert-OH is 1. The molecule has 1 amide bonds. The second-order valence-electron chi connectivity index (χ2n) is 6.53. The molecular weight excluding hydrogens is 374 g/mol. The van der Waals surface area contributed by atoms with Gasteiger partial charge >= 0.3 is 0 Å². The molecule has 0 aliphatic carbocycles. The fourth-order valence-corrected chi connectivity index (χ4v) is 4.29. The maximum absolute atomic E-state index is 13.6. The maximum Gasteiger partial charge on any atom is 0.248 e. The van der Waals surface area contributed by atoms with Gasteiger partial charge in [0.1, 0.15) is 23.6 Å². The van der Waals surface area contributed by atoms with Gasteiger partial charge in [0.2, 0.25) is 12.7 Å². The lowest BCUT2D eigenvalue weighted by Crippen LogP contribution is -2.51. The molecule has 0 bridgehead atoms. The largest absolute Gasteiger partial charge is 0.491 e. The molecule has 0 radical (unpaired) electrons. The Kier molecular flexibility index (Phi) is 3.17. The van der Waals surface area contributed by atoms with Crippen molar-refractivity contribution >= 4 is 29.0 Å². The number of carbonyl (C=O) groups is 1. The van der Waals surface area contributed by atoms with E-state index in [-0.39, 0.29) is 13.4 Å².